The second kappa shape index (κ2) is 41.8. The zero-order chi connectivity index (χ0) is 60.5. The van der Waals surface area contributed by atoms with Crippen molar-refractivity contribution in [3.63, 3.8) is 0 Å². The number of nitrogens with one attached hydrogen (secondary N) is 5. The second-order valence-electron chi connectivity index (χ2n) is 20.7. The molecule has 5 amide bonds. The van der Waals surface area contributed by atoms with Crippen molar-refractivity contribution in [2.75, 3.05) is 113 Å². The number of nitrogens with zero attached hydrogens (tertiary/aromatic N) is 1. The van der Waals surface area contributed by atoms with E-state index >= 15 is 4.79 Å². The summed E-state index contributed by atoms with van der Waals surface area (Å²) in [6.45, 7) is 1.34. The molecule has 0 saturated carbocycles. The SMILES string of the molecule is COCCOCCOCC(=O)NCCN(CC(=O)NCCC(=O)ONC(=O)Cc1ccc(CCCCc2ccccc2)cc1)C(=O)C(OCCOCCOC)C(C(=O)NOC(=O)CC1CCNCC1)c1ccc(CCCCc2ccccc2)cc1. The monoisotopic (exact) mass is 1180 g/mol. The first-order valence-corrected chi connectivity index (χ1v) is 29.6. The van der Waals surface area contributed by atoms with Gasteiger partial charge in [-0.25, -0.2) is 9.59 Å². The van der Waals surface area contributed by atoms with Crippen LogP contribution in [0.1, 0.15) is 90.7 Å². The fourth-order valence-electron chi connectivity index (χ4n) is 9.38. The molecule has 1 saturated heterocycles. The Balaban J connectivity index is 1.26. The minimum Gasteiger partial charge on any atom is -0.382 e. The summed E-state index contributed by atoms with van der Waals surface area (Å²) in [4.78, 5) is 107. The Morgan fingerprint density at radius 3 is 1.64 bits per heavy atom. The molecule has 5 rings (SSSR count). The minimum absolute atomic E-state index is 0.0114. The van der Waals surface area contributed by atoms with Gasteiger partial charge in [0.2, 0.25) is 11.8 Å². The van der Waals surface area contributed by atoms with Gasteiger partial charge in [-0.05, 0) is 117 Å². The van der Waals surface area contributed by atoms with Crippen molar-refractivity contribution in [1.29, 1.82) is 0 Å². The van der Waals surface area contributed by atoms with Gasteiger partial charge in [0, 0.05) is 33.9 Å². The molecule has 1 aliphatic heterocycles. The number of carbonyl (C=O) groups excluding carboxylic acids is 7. The molecular weight excluding hydrogens is 1090 g/mol. The Morgan fingerprint density at radius 2 is 1.05 bits per heavy atom. The van der Waals surface area contributed by atoms with Crippen LogP contribution in [0.5, 0.6) is 0 Å². The van der Waals surface area contributed by atoms with E-state index in [0.29, 0.717) is 18.8 Å². The van der Waals surface area contributed by atoms with Crippen LogP contribution in [0.4, 0.5) is 0 Å². The van der Waals surface area contributed by atoms with Gasteiger partial charge < -0.3 is 58.9 Å². The summed E-state index contributed by atoms with van der Waals surface area (Å²) in [6, 6.07) is 35.5. The van der Waals surface area contributed by atoms with E-state index in [-0.39, 0.29) is 91.1 Å². The molecule has 4 aromatic rings. The van der Waals surface area contributed by atoms with Gasteiger partial charge in [0.05, 0.1) is 78.7 Å². The van der Waals surface area contributed by atoms with E-state index in [4.69, 9.17) is 38.1 Å². The van der Waals surface area contributed by atoms with E-state index in [1.54, 1.807) is 19.2 Å². The van der Waals surface area contributed by atoms with Crippen LogP contribution in [0, 0.1) is 5.92 Å². The van der Waals surface area contributed by atoms with Crippen LogP contribution in [0.3, 0.4) is 0 Å². The van der Waals surface area contributed by atoms with Gasteiger partial charge in [0.25, 0.3) is 17.7 Å². The molecule has 5 N–H and O–H groups in total. The predicted octanol–water partition coefficient (Wildman–Crippen LogP) is 4.86. The summed E-state index contributed by atoms with van der Waals surface area (Å²) in [5.74, 6) is -6.32. The van der Waals surface area contributed by atoms with Crippen molar-refractivity contribution >= 4 is 41.5 Å². The number of unbranched alkanes of at least 4 members (excludes halogenated alkanes) is 2. The molecule has 21 heteroatoms. The Bertz CT molecular complexity index is 2550. The molecule has 2 unspecified atom stereocenters. The fourth-order valence-corrected chi connectivity index (χ4v) is 9.38. The summed E-state index contributed by atoms with van der Waals surface area (Å²) in [5, 5.41) is 8.59. The van der Waals surface area contributed by atoms with Crippen molar-refractivity contribution < 1.29 is 71.7 Å². The van der Waals surface area contributed by atoms with Crippen LogP contribution in [0.25, 0.3) is 0 Å². The maximum absolute atomic E-state index is 15.2. The molecule has 1 heterocycles. The number of hydrogen-bond donors (Lipinski definition) is 5. The number of methoxy groups -OCH3 is 2. The van der Waals surface area contributed by atoms with Gasteiger partial charge in [-0.3, -0.25) is 24.0 Å². The summed E-state index contributed by atoms with van der Waals surface area (Å²) in [6.07, 6.45) is 7.10. The number of aryl methyl sites for hydroxylation is 4. The normalized spacial score (nSPS) is 13.0. The molecule has 0 aliphatic carbocycles. The van der Waals surface area contributed by atoms with Crippen molar-refractivity contribution in [3.05, 3.63) is 143 Å². The lowest BCUT2D eigenvalue weighted by atomic mass is 9.90. The van der Waals surface area contributed by atoms with Gasteiger partial charge >= 0.3 is 11.9 Å². The highest BCUT2D eigenvalue weighted by Gasteiger charge is 2.40. The van der Waals surface area contributed by atoms with Crippen molar-refractivity contribution in [1.82, 2.24) is 31.8 Å². The number of amides is 5. The molecule has 0 aromatic heterocycles. The Morgan fingerprint density at radius 1 is 0.541 bits per heavy atom. The summed E-state index contributed by atoms with van der Waals surface area (Å²) in [7, 11) is 3.08. The largest absolute Gasteiger partial charge is 0.382 e. The molecule has 2 atom stereocenters. The second-order valence-corrected chi connectivity index (χ2v) is 20.7. The van der Waals surface area contributed by atoms with Crippen molar-refractivity contribution in [2.45, 2.75) is 95.5 Å². The molecule has 0 bridgehead atoms. The summed E-state index contributed by atoms with van der Waals surface area (Å²) in [5.41, 5.74) is 10.3. The van der Waals surface area contributed by atoms with Gasteiger partial charge in [-0.2, -0.15) is 11.0 Å². The first kappa shape index (κ1) is 68.7. The maximum Gasteiger partial charge on any atom is 0.334 e. The standard InChI is InChI=1S/C64H88N6O15/c1-78-37-39-80-41-42-82-48-58(73)67-35-36-70(47-57(72)66-34-31-59(74)84-68-56(71)45-53-23-21-51(22-24-53)19-11-9-17-49-13-5-3-6-14-49)64(77)62(83-44-43-81-40-38-79-2)61(63(76)69-85-60(75)46-54-29-32-65-33-30-54)55-27-25-52(26-28-55)20-12-10-18-50-15-7-4-8-16-50/h3-8,13-16,21-28,54,61-62,65H,9-12,17-20,29-48H2,1-2H3,(H,66,72)(H,67,73)(H,68,71)(H,69,76). The topological polar surface area (TPSA) is 257 Å². The number of hydrogen-bond acceptors (Lipinski definition) is 16. The maximum atomic E-state index is 15.2. The number of carbonyl (C=O) groups is 7. The summed E-state index contributed by atoms with van der Waals surface area (Å²) < 4.78 is 32.9. The molecule has 0 radical (unpaired) electrons. The van der Waals surface area contributed by atoms with Crippen LogP contribution in [-0.4, -0.2) is 165 Å². The van der Waals surface area contributed by atoms with Gasteiger partial charge in [0.1, 0.15) is 12.5 Å². The Labute approximate surface area is 500 Å². The van der Waals surface area contributed by atoms with E-state index in [0.717, 1.165) is 98.9 Å². The van der Waals surface area contributed by atoms with E-state index in [9.17, 15) is 28.8 Å². The third-order valence-electron chi connectivity index (χ3n) is 14.1. The van der Waals surface area contributed by atoms with Crippen molar-refractivity contribution in [3.8, 4) is 0 Å². The van der Waals surface area contributed by atoms with E-state index in [2.05, 4.69) is 51.2 Å². The van der Waals surface area contributed by atoms with Crippen LogP contribution in [-0.2, 0) is 104 Å². The van der Waals surface area contributed by atoms with E-state index in [1.807, 2.05) is 72.8 Å². The third kappa shape index (κ3) is 29.0. The number of hydroxylamine groups is 2. The quantitative estimate of drug-likeness (QED) is 0.0294. The lowest BCUT2D eigenvalue weighted by molar-refractivity contribution is -0.163. The zero-order valence-electron chi connectivity index (χ0n) is 49.5. The first-order valence-electron chi connectivity index (χ1n) is 29.6. The molecule has 1 aliphatic rings. The smallest absolute Gasteiger partial charge is 0.334 e. The highest BCUT2D eigenvalue weighted by Crippen LogP contribution is 2.27. The van der Waals surface area contributed by atoms with E-state index in [1.165, 1.54) is 18.2 Å². The minimum atomic E-state index is -1.65. The lowest BCUT2D eigenvalue weighted by Crippen LogP contribution is -2.52. The number of piperidine rings is 1. The number of rotatable bonds is 41. The number of ether oxygens (including phenoxy) is 6. The highest BCUT2D eigenvalue weighted by molar-refractivity contribution is 5.95. The van der Waals surface area contributed by atoms with Crippen LogP contribution in [0.15, 0.2) is 109 Å². The molecule has 0 spiro atoms. The average Bonchev–Trinajstić information content (AvgIpc) is 3.54. The molecule has 21 nitrogen and oxygen atoms in total. The lowest BCUT2D eigenvalue weighted by Gasteiger charge is -2.31. The molecule has 1 fully saturated rings. The summed E-state index contributed by atoms with van der Waals surface area (Å²) >= 11 is 0. The predicted molar refractivity (Wildman–Crippen MR) is 317 cm³/mol. The average molecular weight is 1180 g/mol. The molecule has 85 heavy (non-hydrogen) atoms. The fraction of sp³-hybridized carbons (Fsp3) is 0.516. The zero-order valence-corrected chi connectivity index (χ0v) is 49.5. The van der Waals surface area contributed by atoms with Gasteiger partial charge in [0.15, 0.2) is 6.10 Å². The highest BCUT2D eigenvalue weighted by atomic mass is 16.7. The Hall–Kier alpha value is -7.11. The number of benzene rings is 4. The van der Waals surface area contributed by atoms with E-state index < -0.39 is 60.0 Å². The van der Waals surface area contributed by atoms with Crippen LogP contribution in [0.2, 0.25) is 0 Å². The van der Waals surface area contributed by atoms with Crippen LogP contribution >= 0.6 is 0 Å². The third-order valence-corrected chi connectivity index (χ3v) is 14.1. The Kier molecular flexibility index (Phi) is 33.8. The molecule has 464 valence electrons. The van der Waals surface area contributed by atoms with Gasteiger partial charge in [-0.1, -0.05) is 109 Å². The van der Waals surface area contributed by atoms with Crippen molar-refractivity contribution in [2.24, 2.45) is 5.92 Å². The van der Waals surface area contributed by atoms with Crippen LogP contribution < -0.4 is 26.9 Å². The molecule has 4 aromatic carbocycles. The van der Waals surface area contributed by atoms with Gasteiger partial charge in [-0.15, -0.1) is 0 Å². The first-order chi connectivity index (χ1) is 41.5. The molecular formula is C64H88N6O15.